The van der Waals surface area contributed by atoms with Crippen molar-refractivity contribution in [3.63, 3.8) is 0 Å². The molecule has 0 aromatic heterocycles. The summed E-state index contributed by atoms with van der Waals surface area (Å²) in [6, 6.07) is 4.00. The Labute approximate surface area is 110 Å². The first kappa shape index (κ1) is 14.8. The number of ether oxygens (including phenoxy) is 2. The highest BCUT2D eigenvalue weighted by molar-refractivity contribution is 5.47. The lowest BCUT2D eigenvalue weighted by Crippen LogP contribution is -2.17. The van der Waals surface area contributed by atoms with Crippen molar-refractivity contribution in [2.24, 2.45) is 11.8 Å². The molecule has 0 fully saturated rings. The Morgan fingerprint density at radius 2 is 1.67 bits per heavy atom. The maximum Gasteiger partial charge on any atom is 0.161 e. The lowest BCUT2D eigenvalue weighted by molar-refractivity contribution is 0.189. The predicted molar refractivity (Wildman–Crippen MR) is 73.4 cm³/mol. The van der Waals surface area contributed by atoms with Crippen LogP contribution >= 0.6 is 0 Å². The Bertz CT molecular complexity index is 386. The van der Waals surface area contributed by atoms with E-state index in [1.165, 1.54) is 11.1 Å². The highest BCUT2D eigenvalue weighted by Gasteiger charge is 2.16. The molecule has 0 spiro atoms. The lowest BCUT2D eigenvalue weighted by atomic mass is 9.88. The summed E-state index contributed by atoms with van der Waals surface area (Å²) in [6.07, 6.45) is 0.861. The molecule has 0 aliphatic heterocycles. The van der Waals surface area contributed by atoms with Crippen LogP contribution in [-0.4, -0.2) is 25.9 Å². The second kappa shape index (κ2) is 6.64. The van der Waals surface area contributed by atoms with Crippen LogP contribution in [0.1, 0.15) is 25.0 Å². The Kier molecular flexibility index (Phi) is 5.48. The first-order chi connectivity index (χ1) is 8.53. The molecule has 0 radical (unpaired) electrons. The van der Waals surface area contributed by atoms with E-state index in [2.05, 4.69) is 20.8 Å². The summed E-state index contributed by atoms with van der Waals surface area (Å²) in [7, 11) is 3.28. The van der Waals surface area contributed by atoms with Gasteiger partial charge in [-0.3, -0.25) is 0 Å². The molecule has 1 aromatic carbocycles. The van der Waals surface area contributed by atoms with Crippen LogP contribution in [-0.2, 0) is 6.42 Å². The summed E-state index contributed by atoms with van der Waals surface area (Å²) < 4.78 is 10.6. The quantitative estimate of drug-likeness (QED) is 0.846. The Morgan fingerprint density at radius 3 is 2.11 bits per heavy atom. The van der Waals surface area contributed by atoms with E-state index in [0.717, 1.165) is 17.9 Å². The molecule has 1 rings (SSSR count). The molecule has 0 bridgehead atoms. The Hall–Kier alpha value is -1.22. The smallest absolute Gasteiger partial charge is 0.161 e. The highest BCUT2D eigenvalue weighted by atomic mass is 16.5. The number of aliphatic hydroxyl groups is 1. The average molecular weight is 252 g/mol. The van der Waals surface area contributed by atoms with Crippen molar-refractivity contribution in [3.8, 4) is 11.5 Å². The van der Waals surface area contributed by atoms with Crippen molar-refractivity contribution in [3.05, 3.63) is 23.3 Å². The molecule has 1 unspecified atom stereocenters. The highest BCUT2D eigenvalue weighted by Crippen LogP contribution is 2.32. The molecule has 1 aromatic rings. The minimum atomic E-state index is 0.214. The number of methoxy groups -OCH3 is 2. The first-order valence-electron chi connectivity index (χ1n) is 6.35. The van der Waals surface area contributed by atoms with E-state index in [1.807, 2.05) is 12.1 Å². The van der Waals surface area contributed by atoms with Gasteiger partial charge in [0.25, 0.3) is 0 Å². The zero-order chi connectivity index (χ0) is 13.7. The molecule has 0 heterocycles. The van der Waals surface area contributed by atoms with Crippen LogP contribution in [0.25, 0.3) is 0 Å². The number of aliphatic hydroxyl groups excluding tert-OH is 1. The van der Waals surface area contributed by atoms with Crippen LogP contribution in [0.15, 0.2) is 12.1 Å². The standard InChI is InChI=1S/C15H24O3/c1-10(2)13(9-16)7-12-8-15(18-5)14(17-4)6-11(12)3/h6,8,10,13,16H,7,9H2,1-5H3. The van der Waals surface area contributed by atoms with E-state index in [1.54, 1.807) is 14.2 Å². The Balaban J connectivity index is 3.02. The van der Waals surface area contributed by atoms with Gasteiger partial charge >= 0.3 is 0 Å². The van der Waals surface area contributed by atoms with Crippen LogP contribution in [0.4, 0.5) is 0 Å². The van der Waals surface area contributed by atoms with Crippen molar-refractivity contribution >= 4 is 0 Å². The van der Waals surface area contributed by atoms with Crippen molar-refractivity contribution in [1.82, 2.24) is 0 Å². The number of aryl methyl sites for hydroxylation is 1. The number of hydrogen-bond acceptors (Lipinski definition) is 3. The van der Waals surface area contributed by atoms with Gasteiger partial charge in [-0.25, -0.2) is 0 Å². The van der Waals surface area contributed by atoms with Crippen LogP contribution in [0.3, 0.4) is 0 Å². The molecule has 0 amide bonds. The third kappa shape index (κ3) is 3.39. The molecule has 18 heavy (non-hydrogen) atoms. The van der Waals surface area contributed by atoms with Crippen LogP contribution in [0.5, 0.6) is 11.5 Å². The SMILES string of the molecule is COc1cc(C)c(CC(CO)C(C)C)cc1OC. The first-order valence-corrected chi connectivity index (χ1v) is 6.35. The summed E-state index contributed by atoms with van der Waals surface area (Å²) in [5, 5.41) is 9.42. The fraction of sp³-hybridized carbons (Fsp3) is 0.600. The maximum absolute atomic E-state index is 9.42. The van der Waals surface area contributed by atoms with Crippen molar-refractivity contribution in [1.29, 1.82) is 0 Å². The van der Waals surface area contributed by atoms with E-state index in [-0.39, 0.29) is 12.5 Å². The molecular formula is C15H24O3. The van der Waals surface area contributed by atoms with Gasteiger partial charge in [0.2, 0.25) is 0 Å². The molecule has 0 saturated carbocycles. The average Bonchev–Trinajstić information content (AvgIpc) is 2.36. The van der Waals surface area contributed by atoms with Gasteiger partial charge in [-0.2, -0.15) is 0 Å². The number of benzene rings is 1. The van der Waals surface area contributed by atoms with Gasteiger partial charge in [0, 0.05) is 6.61 Å². The molecule has 1 atom stereocenters. The van der Waals surface area contributed by atoms with Crippen molar-refractivity contribution < 1.29 is 14.6 Å². The zero-order valence-corrected chi connectivity index (χ0v) is 12.0. The summed E-state index contributed by atoms with van der Waals surface area (Å²) in [6.45, 7) is 6.55. The second-order valence-electron chi connectivity index (χ2n) is 5.02. The Morgan fingerprint density at radius 1 is 1.11 bits per heavy atom. The number of rotatable bonds is 6. The normalized spacial score (nSPS) is 12.6. The molecule has 0 aliphatic rings. The predicted octanol–water partition coefficient (Wildman–Crippen LogP) is 2.82. The molecule has 0 saturated heterocycles. The molecule has 3 nitrogen and oxygen atoms in total. The molecular weight excluding hydrogens is 228 g/mol. The zero-order valence-electron chi connectivity index (χ0n) is 12.0. The van der Waals surface area contributed by atoms with E-state index >= 15 is 0 Å². The fourth-order valence-electron chi connectivity index (χ4n) is 2.04. The maximum atomic E-state index is 9.42. The van der Waals surface area contributed by atoms with Gasteiger partial charge in [0.1, 0.15) is 0 Å². The van der Waals surface area contributed by atoms with Crippen LogP contribution < -0.4 is 9.47 Å². The molecule has 102 valence electrons. The van der Waals surface area contributed by atoms with E-state index in [0.29, 0.717) is 5.92 Å². The summed E-state index contributed by atoms with van der Waals surface area (Å²) in [5.41, 5.74) is 2.38. The largest absolute Gasteiger partial charge is 0.493 e. The van der Waals surface area contributed by atoms with E-state index in [4.69, 9.17) is 9.47 Å². The number of hydrogen-bond donors (Lipinski definition) is 1. The van der Waals surface area contributed by atoms with Gasteiger partial charge in [-0.15, -0.1) is 0 Å². The second-order valence-corrected chi connectivity index (χ2v) is 5.02. The molecule has 3 heteroatoms. The minimum absolute atomic E-state index is 0.214. The van der Waals surface area contributed by atoms with Gasteiger partial charge in [-0.1, -0.05) is 13.8 Å². The van der Waals surface area contributed by atoms with Crippen molar-refractivity contribution in [2.45, 2.75) is 27.2 Å². The van der Waals surface area contributed by atoms with Crippen LogP contribution in [0.2, 0.25) is 0 Å². The molecule has 0 aliphatic carbocycles. The third-order valence-electron chi connectivity index (χ3n) is 3.50. The van der Waals surface area contributed by atoms with E-state index in [9.17, 15) is 5.11 Å². The summed E-state index contributed by atoms with van der Waals surface area (Å²) >= 11 is 0. The summed E-state index contributed by atoms with van der Waals surface area (Å²) in [5.74, 6) is 2.24. The van der Waals surface area contributed by atoms with Crippen LogP contribution in [0, 0.1) is 18.8 Å². The third-order valence-corrected chi connectivity index (χ3v) is 3.50. The fourth-order valence-corrected chi connectivity index (χ4v) is 2.04. The van der Waals surface area contributed by atoms with Gasteiger partial charge < -0.3 is 14.6 Å². The van der Waals surface area contributed by atoms with Crippen molar-refractivity contribution in [2.75, 3.05) is 20.8 Å². The molecule has 1 N–H and O–H groups in total. The van der Waals surface area contributed by atoms with Gasteiger partial charge in [0.05, 0.1) is 14.2 Å². The topological polar surface area (TPSA) is 38.7 Å². The monoisotopic (exact) mass is 252 g/mol. The lowest BCUT2D eigenvalue weighted by Gasteiger charge is -2.20. The van der Waals surface area contributed by atoms with Gasteiger partial charge in [-0.05, 0) is 48.4 Å². The minimum Gasteiger partial charge on any atom is -0.493 e. The summed E-state index contributed by atoms with van der Waals surface area (Å²) in [4.78, 5) is 0. The van der Waals surface area contributed by atoms with E-state index < -0.39 is 0 Å². The van der Waals surface area contributed by atoms with Gasteiger partial charge in [0.15, 0.2) is 11.5 Å².